The molecule has 0 bridgehead atoms. The number of rotatable bonds is 7. The predicted molar refractivity (Wildman–Crippen MR) is 113 cm³/mol. The molecular weight excluding hydrogens is 486 g/mol. The van der Waals surface area contributed by atoms with Crippen LogP contribution in [0.15, 0.2) is 53.5 Å². The van der Waals surface area contributed by atoms with Crippen LogP contribution in [0, 0.1) is 0 Å². The summed E-state index contributed by atoms with van der Waals surface area (Å²) in [4.78, 5) is 4.12. The smallest absolute Gasteiger partial charge is 0.422 e. The van der Waals surface area contributed by atoms with Gasteiger partial charge in [-0.3, -0.25) is 4.99 Å². The van der Waals surface area contributed by atoms with E-state index >= 15 is 0 Å². The van der Waals surface area contributed by atoms with Gasteiger partial charge < -0.3 is 20.1 Å². The lowest BCUT2D eigenvalue weighted by Gasteiger charge is -2.15. The first-order chi connectivity index (χ1) is 12.9. The van der Waals surface area contributed by atoms with E-state index in [0.29, 0.717) is 18.1 Å². The highest BCUT2D eigenvalue weighted by Crippen LogP contribution is 2.22. The third kappa shape index (κ3) is 8.24. The summed E-state index contributed by atoms with van der Waals surface area (Å²) in [5.41, 5.74) is 1.64. The first kappa shape index (κ1) is 23.9. The number of halogens is 4. The van der Waals surface area contributed by atoms with Gasteiger partial charge in [-0.05, 0) is 23.8 Å². The lowest BCUT2D eigenvalue weighted by atomic mass is 10.2. The van der Waals surface area contributed by atoms with Gasteiger partial charge in [0.2, 0.25) is 0 Å². The molecule has 154 valence electrons. The van der Waals surface area contributed by atoms with Gasteiger partial charge in [-0.25, -0.2) is 0 Å². The second-order valence-corrected chi connectivity index (χ2v) is 5.64. The number of nitrogens with zero attached hydrogens (tertiary/aromatic N) is 1. The van der Waals surface area contributed by atoms with Crippen molar-refractivity contribution in [3.05, 3.63) is 59.7 Å². The minimum Gasteiger partial charge on any atom is -0.497 e. The van der Waals surface area contributed by atoms with Gasteiger partial charge in [0.05, 0.1) is 7.11 Å². The van der Waals surface area contributed by atoms with Gasteiger partial charge in [-0.2, -0.15) is 13.2 Å². The Labute approximate surface area is 179 Å². The van der Waals surface area contributed by atoms with E-state index in [1.807, 2.05) is 24.3 Å². The number of methoxy groups -OCH3 is 1. The lowest BCUT2D eigenvalue weighted by Crippen LogP contribution is -2.36. The number of benzene rings is 2. The van der Waals surface area contributed by atoms with Crippen LogP contribution in [-0.2, 0) is 13.1 Å². The summed E-state index contributed by atoms with van der Waals surface area (Å²) in [6, 6.07) is 14.2. The number of hydrogen-bond acceptors (Lipinski definition) is 3. The van der Waals surface area contributed by atoms with E-state index in [9.17, 15) is 13.2 Å². The Morgan fingerprint density at radius 1 is 1.00 bits per heavy atom. The molecule has 0 aliphatic heterocycles. The monoisotopic (exact) mass is 509 g/mol. The molecule has 0 unspecified atom stereocenters. The van der Waals surface area contributed by atoms with Crippen molar-refractivity contribution >= 4 is 29.9 Å². The van der Waals surface area contributed by atoms with Crippen molar-refractivity contribution in [2.45, 2.75) is 19.3 Å². The second-order valence-electron chi connectivity index (χ2n) is 5.64. The summed E-state index contributed by atoms with van der Waals surface area (Å²) < 4.78 is 47.1. The van der Waals surface area contributed by atoms with Gasteiger partial charge in [-0.15, -0.1) is 24.0 Å². The Morgan fingerprint density at radius 2 is 1.64 bits per heavy atom. The standard InChI is InChI=1S/C19H22F3N3O2.HI/c1-23-18(24-11-14-7-9-16(26-2)10-8-14)25-12-15-5-3-4-6-17(15)27-13-19(20,21)22;/h3-10H,11-13H2,1-2H3,(H2,23,24,25);1H. The minimum atomic E-state index is -4.38. The maximum Gasteiger partial charge on any atom is 0.422 e. The Hall–Kier alpha value is -2.17. The van der Waals surface area contributed by atoms with E-state index in [4.69, 9.17) is 9.47 Å². The molecule has 2 aromatic carbocycles. The Balaban J connectivity index is 0.00000392. The number of ether oxygens (including phenoxy) is 2. The van der Waals surface area contributed by atoms with Crippen LogP contribution in [-0.4, -0.2) is 32.9 Å². The molecule has 2 rings (SSSR count). The van der Waals surface area contributed by atoms with E-state index in [1.165, 1.54) is 6.07 Å². The molecule has 0 saturated carbocycles. The number of guanidine groups is 1. The average molecular weight is 509 g/mol. The normalized spacial score (nSPS) is 11.4. The Morgan fingerprint density at radius 3 is 2.25 bits per heavy atom. The van der Waals surface area contributed by atoms with Crippen molar-refractivity contribution in [3.8, 4) is 11.5 Å². The number of nitrogens with one attached hydrogen (secondary N) is 2. The van der Waals surface area contributed by atoms with Gasteiger partial charge in [-0.1, -0.05) is 30.3 Å². The lowest BCUT2D eigenvalue weighted by molar-refractivity contribution is -0.153. The van der Waals surface area contributed by atoms with Gasteiger partial charge in [0.25, 0.3) is 0 Å². The summed E-state index contributed by atoms with van der Waals surface area (Å²) in [7, 11) is 3.23. The fraction of sp³-hybridized carbons (Fsp3) is 0.316. The van der Waals surface area contributed by atoms with E-state index < -0.39 is 12.8 Å². The third-order valence-corrected chi connectivity index (χ3v) is 3.65. The molecule has 5 nitrogen and oxygen atoms in total. The van der Waals surface area contributed by atoms with Gasteiger partial charge in [0.1, 0.15) is 11.5 Å². The molecular formula is C19H23F3IN3O2. The molecule has 0 atom stereocenters. The number of aliphatic imine (C=N–C) groups is 1. The minimum absolute atomic E-state index is 0. The molecule has 0 aromatic heterocycles. The molecule has 0 saturated heterocycles. The van der Waals surface area contributed by atoms with Gasteiger partial charge >= 0.3 is 6.18 Å². The Kier molecular flexibility index (Phi) is 9.91. The van der Waals surface area contributed by atoms with Crippen molar-refractivity contribution < 1.29 is 22.6 Å². The maximum absolute atomic E-state index is 12.4. The van der Waals surface area contributed by atoms with E-state index in [0.717, 1.165) is 11.3 Å². The molecule has 0 radical (unpaired) electrons. The first-order valence-electron chi connectivity index (χ1n) is 8.26. The highest BCUT2D eigenvalue weighted by molar-refractivity contribution is 14.0. The number of alkyl halides is 3. The van der Waals surface area contributed by atoms with Crippen LogP contribution in [0.3, 0.4) is 0 Å². The number of hydrogen-bond donors (Lipinski definition) is 2. The van der Waals surface area contributed by atoms with Crippen LogP contribution in [0.25, 0.3) is 0 Å². The molecule has 9 heteroatoms. The molecule has 0 fully saturated rings. The molecule has 0 aliphatic carbocycles. The van der Waals surface area contributed by atoms with Crippen LogP contribution in [0.2, 0.25) is 0 Å². The first-order valence-corrected chi connectivity index (χ1v) is 8.26. The van der Waals surface area contributed by atoms with Crippen molar-refractivity contribution in [1.29, 1.82) is 0 Å². The van der Waals surface area contributed by atoms with Crippen LogP contribution in [0.1, 0.15) is 11.1 Å². The molecule has 0 amide bonds. The SMILES string of the molecule is CN=C(NCc1ccc(OC)cc1)NCc1ccccc1OCC(F)(F)F.I. The fourth-order valence-corrected chi connectivity index (χ4v) is 2.28. The summed E-state index contributed by atoms with van der Waals surface area (Å²) in [6.45, 7) is -0.513. The summed E-state index contributed by atoms with van der Waals surface area (Å²) >= 11 is 0. The van der Waals surface area contributed by atoms with E-state index in [-0.39, 0.29) is 36.3 Å². The molecule has 28 heavy (non-hydrogen) atoms. The van der Waals surface area contributed by atoms with Crippen LogP contribution >= 0.6 is 24.0 Å². The van der Waals surface area contributed by atoms with Gasteiger partial charge in [0.15, 0.2) is 12.6 Å². The highest BCUT2D eigenvalue weighted by atomic mass is 127. The zero-order chi connectivity index (χ0) is 19.7. The third-order valence-electron chi connectivity index (χ3n) is 3.65. The van der Waals surface area contributed by atoms with Crippen molar-refractivity contribution in [3.63, 3.8) is 0 Å². The summed E-state index contributed by atoms with van der Waals surface area (Å²) in [5, 5.41) is 6.22. The fourth-order valence-electron chi connectivity index (χ4n) is 2.28. The van der Waals surface area contributed by atoms with Crippen molar-refractivity contribution in [2.75, 3.05) is 20.8 Å². The van der Waals surface area contributed by atoms with Crippen LogP contribution in [0.5, 0.6) is 11.5 Å². The summed E-state index contributed by atoms with van der Waals surface area (Å²) in [5.74, 6) is 1.49. The van der Waals surface area contributed by atoms with Crippen molar-refractivity contribution in [2.24, 2.45) is 4.99 Å². The molecule has 0 aliphatic rings. The maximum atomic E-state index is 12.4. The van der Waals surface area contributed by atoms with Gasteiger partial charge in [0, 0.05) is 25.7 Å². The van der Waals surface area contributed by atoms with Crippen LogP contribution < -0.4 is 20.1 Å². The zero-order valence-corrected chi connectivity index (χ0v) is 17.9. The average Bonchev–Trinajstić information content (AvgIpc) is 2.67. The summed E-state index contributed by atoms with van der Waals surface area (Å²) in [6.07, 6.45) is -4.38. The molecule has 0 heterocycles. The van der Waals surface area contributed by atoms with E-state index in [1.54, 1.807) is 32.4 Å². The zero-order valence-electron chi connectivity index (χ0n) is 15.5. The molecule has 2 aromatic rings. The molecule has 0 spiro atoms. The van der Waals surface area contributed by atoms with Crippen LogP contribution in [0.4, 0.5) is 13.2 Å². The molecule has 2 N–H and O–H groups in total. The largest absolute Gasteiger partial charge is 0.497 e. The predicted octanol–water partition coefficient (Wildman–Crippen LogP) is 4.12. The highest BCUT2D eigenvalue weighted by Gasteiger charge is 2.28. The van der Waals surface area contributed by atoms with E-state index in [2.05, 4.69) is 15.6 Å². The van der Waals surface area contributed by atoms with Crippen molar-refractivity contribution in [1.82, 2.24) is 10.6 Å². The quantitative estimate of drug-likeness (QED) is 0.335. The second kappa shape index (κ2) is 11.6. The number of para-hydroxylation sites is 1. The topological polar surface area (TPSA) is 54.9 Å². The Bertz CT molecular complexity index is 753.